The van der Waals surface area contributed by atoms with Crippen molar-refractivity contribution in [1.82, 2.24) is 0 Å². The molecule has 2 aromatic rings. The Morgan fingerprint density at radius 1 is 1.25 bits per heavy atom. The summed E-state index contributed by atoms with van der Waals surface area (Å²) in [5.74, 6) is 1.39. The first-order chi connectivity index (χ1) is 9.60. The molecule has 1 atom stereocenters. The molecule has 0 saturated carbocycles. The quantitative estimate of drug-likeness (QED) is 0.905. The first-order valence-corrected chi connectivity index (χ1v) is 7.00. The van der Waals surface area contributed by atoms with Crippen LogP contribution in [0.15, 0.2) is 46.9 Å². The van der Waals surface area contributed by atoms with Crippen molar-refractivity contribution in [2.75, 3.05) is 0 Å². The van der Waals surface area contributed by atoms with Gasteiger partial charge < -0.3 is 9.84 Å². The number of rotatable bonds is 4. The molecule has 0 aliphatic rings. The third kappa shape index (κ3) is 3.60. The fourth-order valence-electron chi connectivity index (χ4n) is 1.75. The Hall–Kier alpha value is -1.83. The van der Waals surface area contributed by atoms with Crippen molar-refractivity contribution < 1.29 is 9.84 Å². The van der Waals surface area contributed by atoms with E-state index in [4.69, 9.17) is 10.00 Å². The number of halogens is 1. The first kappa shape index (κ1) is 14.6. The Kier molecular flexibility index (Phi) is 4.78. The van der Waals surface area contributed by atoms with E-state index in [1.807, 2.05) is 42.5 Å². The molecule has 3 nitrogen and oxygen atoms in total. The number of hydrogen-bond donors (Lipinski definition) is 1. The van der Waals surface area contributed by atoms with Crippen LogP contribution in [-0.4, -0.2) is 5.11 Å². The fourth-order valence-corrected chi connectivity index (χ4v) is 2.23. The number of hydrogen-bond acceptors (Lipinski definition) is 3. The Morgan fingerprint density at radius 2 is 1.95 bits per heavy atom. The van der Waals surface area contributed by atoms with Gasteiger partial charge in [0.25, 0.3) is 0 Å². The largest absolute Gasteiger partial charge is 0.456 e. The highest BCUT2D eigenvalue weighted by atomic mass is 79.9. The second-order valence-corrected chi connectivity index (χ2v) is 5.30. The van der Waals surface area contributed by atoms with Gasteiger partial charge in [-0.25, -0.2) is 0 Å². The van der Waals surface area contributed by atoms with E-state index in [2.05, 4.69) is 22.0 Å². The van der Waals surface area contributed by atoms with E-state index in [1.165, 1.54) is 0 Å². The van der Waals surface area contributed by atoms with Crippen molar-refractivity contribution in [2.45, 2.75) is 19.4 Å². The lowest BCUT2D eigenvalue weighted by molar-refractivity contribution is 0.199. The Balaban J connectivity index is 2.15. The summed E-state index contributed by atoms with van der Waals surface area (Å²) in [6, 6.07) is 15.0. The molecule has 2 aromatic carbocycles. The molecule has 0 heterocycles. The highest BCUT2D eigenvalue weighted by Crippen LogP contribution is 2.32. The second-order valence-electron chi connectivity index (χ2n) is 4.45. The minimum Gasteiger partial charge on any atom is -0.456 e. The molecule has 0 aromatic heterocycles. The maximum atomic E-state index is 9.52. The monoisotopic (exact) mass is 331 g/mol. The summed E-state index contributed by atoms with van der Waals surface area (Å²) < 4.78 is 6.55. The normalized spacial score (nSPS) is 11.7. The van der Waals surface area contributed by atoms with Crippen molar-refractivity contribution in [2.24, 2.45) is 0 Å². The number of aliphatic hydroxyl groups is 1. The molecule has 20 heavy (non-hydrogen) atoms. The van der Waals surface area contributed by atoms with Gasteiger partial charge >= 0.3 is 0 Å². The molecule has 0 fully saturated rings. The maximum Gasteiger partial charge on any atom is 0.141 e. The van der Waals surface area contributed by atoms with Gasteiger partial charge in [-0.05, 0) is 58.2 Å². The third-order valence-electron chi connectivity index (χ3n) is 2.87. The minimum atomic E-state index is -0.509. The number of ether oxygens (including phenoxy) is 1. The van der Waals surface area contributed by atoms with Crippen LogP contribution in [0.2, 0.25) is 0 Å². The van der Waals surface area contributed by atoms with Crippen LogP contribution in [0.5, 0.6) is 11.5 Å². The summed E-state index contributed by atoms with van der Waals surface area (Å²) in [6.45, 7) is 1.72. The number of nitrogens with zero attached hydrogens (tertiary/aromatic N) is 1. The van der Waals surface area contributed by atoms with Gasteiger partial charge in [0.1, 0.15) is 11.5 Å². The zero-order chi connectivity index (χ0) is 14.5. The topological polar surface area (TPSA) is 53.2 Å². The summed E-state index contributed by atoms with van der Waals surface area (Å²) >= 11 is 3.43. The van der Waals surface area contributed by atoms with Crippen molar-refractivity contribution in [3.8, 4) is 17.6 Å². The molecular formula is C16H14BrNO2. The fraction of sp³-hybridized carbons (Fsp3) is 0.188. The first-order valence-electron chi connectivity index (χ1n) is 6.21. The third-order valence-corrected chi connectivity index (χ3v) is 3.49. The van der Waals surface area contributed by atoms with Crippen LogP contribution in [0.3, 0.4) is 0 Å². The zero-order valence-electron chi connectivity index (χ0n) is 11.0. The summed E-state index contributed by atoms with van der Waals surface area (Å²) in [7, 11) is 0. The maximum absolute atomic E-state index is 9.52. The van der Waals surface area contributed by atoms with Gasteiger partial charge in [-0.3, -0.25) is 0 Å². The Labute approximate surface area is 126 Å². The lowest BCUT2D eigenvalue weighted by Gasteiger charge is -2.11. The molecule has 102 valence electrons. The summed E-state index contributed by atoms with van der Waals surface area (Å²) in [5, 5.41) is 18.1. The molecule has 0 radical (unpaired) electrons. The van der Waals surface area contributed by atoms with Crippen LogP contribution < -0.4 is 4.74 Å². The zero-order valence-corrected chi connectivity index (χ0v) is 12.6. The van der Waals surface area contributed by atoms with E-state index in [0.29, 0.717) is 17.9 Å². The highest BCUT2D eigenvalue weighted by Gasteiger charge is 2.07. The standard InChI is InChI=1S/C16H14BrNO2/c1-11(19)13-4-7-16(15(17)10-13)20-14-5-2-12(3-6-14)8-9-18/h2-7,10-11,19H,8H2,1H3. The SMILES string of the molecule is CC(O)c1ccc(Oc2ccc(CC#N)cc2)c(Br)c1. The van der Waals surface area contributed by atoms with E-state index in [1.54, 1.807) is 6.92 Å². The Morgan fingerprint density at radius 3 is 2.50 bits per heavy atom. The van der Waals surface area contributed by atoms with Gasteiger partial charge in [0.05, 0.1) is 23.1 Å². The second kappa shape index (κ2) is 6.56. The van der Waals surface area contributed by atoms with E-state index in [-0.39, 0.29) is 0 Å². The predicted octanol–water partition coefficient (Wildman–Crippen LogP) is 4.36. The molecule has 0 saturated heterocycles. The number of nitriles is 1. The van der Waals surface area contributed by atoms with Crippen molar-refractivity contribution in [3.05, 3.63) is 58.1 Å². The van der Waals surface area contributed by atoms with Crippen LogP contribution in [0, 0.1) is 11.3 Å². The van der Waals surface area contributed by atoms with Crippen LogP contribution in [0.25, 0.3) is 0 Å². The van der Waals surface area contributed by atoms with E-state index >= 15 is 0 Å². The van der Waals surface area contributed by atoms with Crippen LogP contribution in [0.4, 0.5) is 0 Å². The smallest absolute Gasteiger partial charge is 0.141 e. The average Bonchev–Trinajstić information content (AvgIpc) is 2.43. The van der Waals surface area contributed by atoms with Crippen molar-refractivity contribution in [3.63, 3.8) is 0 Å². The lowest BCUT2D eigenvalue weighted by atomic mass is 10.1. The molecule has 0 aliphatic carbocycles. The lowest BCUT2D eigenvalue weighted by Crippen LogP contribution is -1.92. The molecule has 0 amide bonds. The molecule has 1 N–H and O–H groups in total. The average molecular weight is 332 g/mol. The Bertz CT molecular complexity index is 630. The number of aliphatic hydroxyl groups excluding tert-OH is 1. The number of benzene rings is 2. The van der Waals surface area contributed by atoms with Gasteiger partial charge in [0.15, 0.2) is 0 Å². The van der Waals surface area contributed by atoms with Gasteiger partial charge in [-0.2, -0.15) is 5.26 Å². The van der Waals surface area contributed by atoms with Crippen LogP contribution in [0.1, 0.15) is 24.2 Å². The summed E-state index contributed by atoms with van der Waals surface area (Å²) in [4.78, 5) is 0. The highest BCUT2D eigenvalue weighted by molar-refractivity contribution is 9.10. The molecule has 0 bridgehead atoms. The summed E-state index contributed by atoms with van der Waals surface area (Å²) in [6.07, 6.45) is -0.113. The van der Waals surface area contributed by atoms with Crippen molar-refractivity contribution >= 4 is 15.9 Å². The predicted molar refractivity (Wildman–Crippen MR) is 80.6 cm³/mol. The van der Waals surface area contributed by atoms with E-state index in [9.17, 15) is 5.11 Å². The summed E-state index contributed by atoms with van der Waals surface area (Å²) in [5.41, 5.74) is 1.79. The van der Waals surface area contributed by atoms with Gasteiger partial charge in [-0.1, -0.05) is 18.2 Å². The van der Waals surface area contributed by atoms with E-state index in [0.717, 1.165) is 15.6 Å². The minimum absolute atomic E-state index is 0.396. The van der Waals surface area contributed by atoms with Crippen LogP contribution >= 0.6 is 15.9 Å². The molecule has 0 spiro atoms. The van der Waals surface area contributed by atoms with Crippen LogP contribution in [-0.2, 0) is 6.42 Å². The molecule has 2 rings (SSSR count). The van der Waals surface area contributed by atoms with Gasteiger partial charge in [0, 0.05) is 0 Å². The molecule has 1 unspecified atom stereocenters. The van der Waals surface area contributed by atoms with Crippen molar-refractivity contribution in [1.29, 1.82) is 5.26 Å². The molecule has 4 heteroatoms. The molecular weight excluding hydrogens is 318 g/mol. The van der Waals surface area contributed by atoms with Gasteiger partial charge in [0.2, 0.25) is 0 Å². The van der Waals surface area contributed by atoms with Gasteiger partial charge in [-0.15, -0.1) is 0 Å². The molecule has 0 aliphatic heterocycles. The van der Waals surface area contributed by atoms with E-state index < -0.39 is 6.10 Å².